The van der Waals surface area contributed by atoms with Crippen molar-refractivity contribution in [3.05, 3.63) is 12.7 Å². The number of anilines is 1. The Morgan fingerprint density at radius 3 is 2.85 bits per heavy atom. The van der Waals surface area contributed by atoms with E-state index in [0.29, 0.717) is 11.2 Å². The molecule has 0 spiro atoms. The van der Waals surface area contributed by atoms with Gasteiger partial charge in [-0.25, -0.2) is 15.0 Å². The van der Waals surface area contributed by atoms with Gasteiger partial charge in [0.2, 0.25) is 0 Å². The number of imidazole rings is 1. The van der Waals surface area contributed by atoms with Gasteiger partial charge in [-0.1, -0.05) is 0 Å². The second kappa shape index (κ2) is 4.35. The van der Waals surface area contributed by atoms with Gasteiger partial charge in [-0.15, -0.1) is 0 Å². The molecule has 2 aromatic heterocycles. The van der Waals surface area contributed by atoms with Crippen molar-refractivity contribution in [1.82, 2.24) is 19.5 Å². The molecular weight excluding hydrogens is 266 g/mol. The lowest BCUT2D eigenvalue weighted by Crippen LogP contribution is -2.44. The van der Waals surface area contributed by atoms with Crippen LogP contribution in [0.15, 0.2) is 12.7 Å². The number of aliphatic hydroxyl groups excluding tert-OH is 2. The van der Waals surface area contributed by atoms with Gasteiger partial charge in [0.15, 0.2) is 17.7 Å². The summed E-state index contributed by atoms with van der Waals surface area (Å²) in [4.78, 5) is 12.0. The molecule has 5 N–H and O–H groups in total. The minimum absolute atomic E-state index is 0.214. The molecule has 0 saturated carbocycles. The van der Waals surface area contributed by atoms with Gasteiger partial charge in [0.1, 0.15) is 29.7 Å². The van der Waals surface area contributed by atoms with E-state index in [1.54, 1.807) is 0 Å². The van der Waals surface area contributed by atoms with Crippen LogP contribution in [0.2, 0.25) is 0 Å². The maximum Gasteiger partial charge on any atom is 0.168 e. The minimum Gasteiger partial charge on any atom is -0.394 e. The standard InChI is InChI=1S/C11H15N5O4/c1-11(19)7(18)5(2-17)20-10(11)16-4-15-6-8(12)13-3-14-9(6)16/h3-5,7,10,17-19H,2H2,1H3,(H2,12,13,14)/t5-,7+,10-,11-/m0/s1. The van der Waals surface area contributed by atoms with Crippen molar-refractivity contribution in [2.45, 2.75) is 31.0 Å². The van der Waals surface area contributed by atoms with E-state index in [2.05, 4.69) is 15.0 Å². The Morgan fingerprint density at radius 1 is 1.45 bits per heavy atom. The molecule has 0 unspecified atom stereocenters. The second-order valence-corrected chi connectivity index (χ2v) is 4.96. The number of rotatable bonds is 2. The molecule has 1 aliphatic rings. The van der Waals surface area contributed by atoms with E-state index in [-0.39, 0.29) is 5.82 Å². The molecule has 0 amide bonds. The molecule has 4 atom stereocenters. The van der Waals surface area contributed by atoms with E-state index in [0.717, 1.165) is 0 Å². The Kier molecular flexibility index (Phi) is 2.87. The number of aromatic nitrogens is 4. The number of nitrogens with two attached hydrogens (primary N) is 1. The van der Waals surface area contributed by atoms with Crippen LogP contribution >= 0.6 is 0 Å². The quantitative estimate of drug-likeness (QED) is 0.516. The average molecular weight is 281 g/mol. The number of nitrogen functional groups attached to an aromatic ring is 1. The highest BCUT2D eigenvalue weighted by atomic mass is 16.6. The maximum absolute atomic E-state index is 10.4. The van der Waals surface area contributed by atoms with Crippen LogP contribution in [0.3, 0.4) is 0 Å². The number of ether oxygens (including phenoxy) is 1. The minimum atomic E-state index is -1.60. The molecular formula is C11H15N5O4. The van der Waals surface area contributed by atoms with Gasteiger partial charge in [0, 0.05) is 0 Å². The van der Waals surface area contributed by atoms with Crippen molar-refractivity contribution in [1.29, 1.82) is 0 Å². The molecule has 1 saturated heterocycles. The number of nitrogens with zero attached hydrogens (tertiary/aromatic N) is 4. The molecule has 3 rings (SSSR count). The molecule has 0 bridgehead atoms. The summed E-state index contributed by atoms with van der Waals surface area (Å²) in [6.07, 6.45) is -0.365. The fraction of sp³-hybridized carbons (Fsp3) is 0.545. The zero-order chi connectivity index (χ0) is 14.5. The van der Waals surface area contributed by atoms with Crippen LogP contribution < -0.4 is 5.73 Å². The first-order valence-electron chi connectivity index (χ1n) is 6.06. The van der Waals surface area contributed by atoms with Crippen molar-refractivity contribution in [3.8, 4) is 0 Å². The van der Waals surface area contributed by atoms with Crippen molar-refractivity contribution < 1.29 is 20.1 Å². The summed E-state index contributed by atoms with van der Waals surface area (Å²) in [7, 11) is 0. The van der Waals surface area contributed by atoms with Crippen molar-refractivity contribution in [2.75, 3.05) is 12.3 Å². The largest absolute Gasteiger partial charge is 0.394 e. The van der Waals surface area contributed by atoms with E-state index in [1.165, 1.54) is 24.1 Å². The lowest BCUT2D eigenvalue weighted by molar-refractivity contribution is -0.0950. The van der Waals surface area contributed by atoms with Gasteiger partial charge in [-0.05, 0) is 6.92 Å². The summed E-state index contributed by atoms with van der Waals surface area (Å²) in [6.45, 7) is 1.02. The first-order chi connectivity index (χ1) is 9.46. The van der Waals surface area contributed by atoms with Crippen LogP contribution in [0.4, 0.5) is 5.82 Å². The number of hydrogen-bond acceptors (Lipinski definition) is 8. The Hall–Kier alpha value is -1.81. The summed E-state index contributed by atoms with van der Waals surface area (Å²) in [5.41, 5.74) is 4.87. The fourth-order valence-corrected chi connectivity index (χ4v) is 2.43. The highest BCUT2D eigenvalue weighted by molar-refractivity contribution is 5.81. The van der Waals surface area contributed by atoms with E-state index in [9.17, 15) is 15.3 Å². The highest BCUT2D eigenvalue weighted by Crippen LogP contribution is 2.39. The molecule has 0 aromatic carbocycles. The van der Waals surface area contributed by atoms with Crippen LogP contribution in [0.1, 0.15) is 13.2 Å². The number of hydrogen-bond donors (Lipinski definition) is 4. The SMILES string of the molecule is C[C@]1(O)[C@H](O)[C@H](CO)O[C@@H]1n1cnc2c(N)ncnc21. The summed E-state index contributed by atoms with van der Waals surface area (Å²) < 4.78 is 6.97. The Bertz CT molecular complexity index is 643. The molecule has 108 valence electrons. The third kappa shape index (κ3) is 1.68. The molecule has 0 radical (unpaired) electrons. The van der Waals surface area contributed by atoms with Crippen LogP contribution in [-0.2, 0) is 4.74 Å². The van der Waals surface area contributed by atoms with Gasteiger partial charge in [-0.2, -0.15) is 0 Å². The Morgan fingerprint density at radius 2 is 2.20 bits per heavy atom. The van der Waals surface area contributed by atoms with Crippen molar-refractivity contribution in [2.24, 2.45) is 0 Å². The molecule has 1 aliphatic heterocycles. The first-order valence-corrected chi connectivity index (χ1v) is 6.06. The lowest BCUT2D eigenvalue weighted by atomic mass is 9.96. The molecule has 9 nitrogen and oxygen atoms in total. The molecule has 3 heterocycles. The molecule has 9 heteroatoms. The summed E-state index contributed by atoms with van der Waals surface area (Å²) in [5.74, 6) is 0.214. The smallest absolute Gasteiger partial charge is 0.168 e. The van der Waals surface area contributed by atoms with Gasteiger partial charge in [0.25, 0.3) is 0 Å². The number of aliphatic hydroxyl groups is 3. The van der Waals surface area contributed by atoms with Gasteiger partial charge in [-0.3, -0.25) is 4.57 Å². The number of fused-ring (bicyclic) bond motifs is 1. The van der Waals surface area contributed by atoms with Gasteiger partial charge in [0.05, 0.1) is 12.9 Å². The zero-order valence-electron chi connectivity index (χ0n) is 10.7. The second-order valence-electron chi connectivity index (χ2n) is 4.96. The maximum atomic E-state index is 10.4. The highest BCUT2D eigenvalue weighted by Gasteiger charge is 2.53. The van der Waals surface area contributed by atoms with E-state index in [1.807, 2.05) is 0 Å². The van der Waals surface area contributed by atoms with Crippen LogP contribution in [-0.4, -0.2) is 59.3 Å². The predicted octanol–water partition coefficient (Wildman–Crippen LogP) is -1.59. The van der Waals surface area contributed by atoms with Gasteiger partial charge >= 0.3 is 0 Å². The third-order valence-electron chi connectivity index (χ3n) is 3.57. The van der Waals surface area contributed by atoms with E-state index >= 15 is 0 Å². The lowest BCUT2D eigenvalue weighted by Gasteiger charge is -2.27. The molecule has 20 heavy (non-hydrogen) atoms. The van der Waals surface area contributed by atoms with Gasteiger partial charge < -0.3 is 25.8 Å². The van der Waals surface area contributed by atoms with Crippen molar-refractivity contribution >= 4 is 17.0 Å². The topological polar surface area (TPSA) is 140 Å². The monoisotopic (exact) mass is 281 g/mol. The molecule has 0 aliphatic carbocycles. The fourth-order valence-electron chi connectivity index (χ4n) is 2.43. The van der Waals surface area contributed by atoms with Crippen LogP contribution in [0, 0.1) is 0 Å². The Labute approximate surface area is 113 Å². The first kappa shape index (κ1) is 13.2. The normalized spacial score (nSPS) is 33.9. The molecule has 2 aromatic rings. The van der Waals surface area contributed by atoms with Crippen LogP contribution in [0.5, 0.6) is 0 Å². The third-order valence-corrected chi connectivity index (χ3v) is 3.57. The summed E-state index contributed by atoms with van der Waals surface area (Å²) >= 11 is 0. The van der Waals surface area contributed by atoms with Crippen molar-refractivity contribution in [3.63, 3.8) is 0 Å². The zero-order valence-corrected chi connectivity index (χ0v) is 10.7. The predicted molar refractivity (Wildman–Crippen MR) is 67.4 cm³/mol. The molecule has 1 fully saturated rings. The summed E-state index contributed by atoms with van der Waals surface area (Å²) in [5, 5.41) is 29.6. The van der Waals surface area contributed by atoms with E-state index in [4.69, 9.17) is 10.5 Å². The average Bonchev–Trinajstić information content (AvgIpc) is 2.92. The summed E-state index contributed by atoms with van der Waals surface area (Å²) in [6, 6.07) is 0. The van der Waals surface area contributed by atoms with Crippen LogP contribution in [0.25, 0.3) is 11.2 Å². The Balaban J connectivity index is 2.10. The van der Waals surface area contributed by atoms with E-state index < -0.39 is 30.6 Å².